The molecule has 4 nitrogen and oxygen atoms in total. The second-order valence-electron chi connectivity index (χ2n) is 2.54. The maximum Gasteiger partial charge on any atom is 0.276 e. The van der Waals surface area contributed by atoms with Crippen molar-refractivity contribution >= 4 is 5.69 Å². The van der Waals surface area contributed by atoms with Crippen molar-refractivity contribution in [2.45, 2.75) is 13.5 Å². The van der Waals surface area contributed by atoms with Crippen LogP contribution in [-0.2, 0) is 6.54 Å². The first kappa shape index (κ1) is 8.67. The lowest BCUT2D eigenvalue weighted by atomic mass is 10.1. The zero-order chi connectivity index (χ0) is 9.14. The van der Waals surface area contributed by atoms with E-state index in [-0.39, 0.29) is 12.2 Å². The summed E-state index contributed by atoms with van der Waals surface area (Å²) in [5.74, 6) is 0. The van der Waals surface area contributed by atoms with Gasteiger partial charge >= 0.3 is 0 Å². The minimum absolute atomic E-state index is 0.139. The van der Waals surface area contributed by atoms with Crippen LogP contribution in [-0.4, -0.2) is 4.92 Å². The topological polar surface area (TPSA) is 69.2 Å². The molecular weight excluding hydrogens is 156 g/mol. The molecule has 0 saturated heterocycles. The highest BCUT2D eigenvalue weighted by Crippen LogP contribution is 2.21. The summed E-state index contributed by atoms with van der Waals surface area (Å²) in [5.41, 5.74) is 6.73. The zero-order valence-electron chi connectivity index (χ0n) is 6.78. The van der Waals surface area contributed by atoms with Crippen molar-refractivity contribution < 1.29 is 4.92 Å². The molecule has 0 fully saturated rings. The standard InChI is InChI=1S/C8H10N2O2/c1-6-3-2-4-7(5-9)8(6)10(11)12/h2-4H,5,9H2,1H3. The van der Waals surface area contributed by atoms with Crippen LogP contribution in [0.5, 0.6) is 0 Å². The van der Waals surface area contributed by atoms with Crippen LogP contribution >= 0.6 is 0 Å². The van der Waals surface area contributed by atoms with Gasteiger partial charge in [-0.2, -0.15) is 0 Å². The molecule has 0 spiro atoms. The molecule has 64 valence electrons. The van der Waals surface area contributed by atoms with E-state index in [0.717, 1.165) is 0 Å². The number of para-hydroxylation sites is 1. The molecule has 1 aromatic rings. The number of rotatable bonds is 2. The van der Waals surface area contributed by atoms with E-state index < -0.39 is 4.92 Å². The average molecular weight is 166 g/mol. The van der Waals surface area contributed by atoms with E-state index in [9.17, 15) is 10.1 Å². The van der Waals surface area contributed by atoms with Crippen molar-refractivity contribution in [3.05, 3.63) is 39.4 Å². The Morgan fingerprint density at radius 3 is 2.67 bits per heavy atom. The Balaban J connectivity index is 3.29. The Morgan fingerprint density at radius 1 is 1.58 bits per heavy atom. The Kier molecular flexibility index (Phi) is 2.40. The second-order valence-corrected chi connectivity index (χ2v) is 2.54. The predicted octanol–water partition coefficient (Wildman–Crippen LogP) is 1.36. The molecule has 0 unspecified atom stereocenters. The highest BCUT2D eigenvalue weighted by molar-refractivity contribution is 5.46. The van der Waals surface area contributed by atoms with Crippen LogP contribution in [0.25, 0.3) is 0 Å². The maximum absolute atomic E-state index is 10.6. The first-order chi connectivity index (χ1) is 5.66. The monoisotopic (exact) mass is 166 g/mol. The summed E-state index contributed by atoms with van der Waals surface area (Å²) in [5, 5.41) is 10.6. The van der Waals surface area contributed by atoms with E-state index in [2.05, 4.69) is 0 Å². The van der Waals surface area contributed by atoms with Gasteiger partial charge in [0, 0.05) is 17.7 Å². The lowest BCUT2D eigenvalue weighted by Crippen LogP contribution is -2.02. The number of nitrogens with two attached hydrogens (primary N) is 1. The number of hydrogen-bond donors (Lipinski definition) is 1. The highest BCUT2D eigenvalue weighted by Gasteiger charge is 2.14. The molecule has 1 aromatic carbocycles. The summed E-state index contributed by atoms with van der Waals surface area (Å²) in [6.07, 6.45) is 0. The number of nitrogens with zero attached hydrogens (tertiary/aromatic N) is 1. The quantitative estimate of drug-likeness (QED) is 0.532. The average Bonchev–Trinajstić information content (AvgIpc) is 2.03. The largest absolute Gasteiger partial charge is 0.326 e. The number of hydrogen-bond acceptors (Lipinski definition) is 3. The predicted molar refractivity (Wildman–Crippen MR) is 45.7 cm³/mol. The third-order valence-electron chi connectivity index (χ3n) is 1.72. The van der Waals surface area contributed by atoms with E-state index in [1.54, 1.807) is 25.1 Å². The summed E-state index contributed by atoms with van der Waals surface area (Å²) in [6.45, 7) is 1.91. The van der Waals surface area contributed by atoms with Gasteiger partial charge in [-0.15, -0.1) is 0 Å². The van der Waals surface area contributed by atoms with E-state index in [1.165, 1.54) is 0 Å². The SMILES string of the molecule is Cc1cccc(CN)c1[N+](=O)[O-]. The molecule has 2 N–H and O–H groups in total. The van der Waals surface area contributed by atoms with Crippen molar-refractivity contribution in [1.29, 1.82) is 0 Å². The molecule has 0 bridgehead atoms. The summed E-state index contributed by atoms with van der Waals surface area (Å²) in [7, 11) is 0. The van der Waals surface area contributed by atoms with Crippen molar-refractivity contribution in [2.24, 2.45) is 5.73 Å². The first-order valence-electron chi connectivity index (χ1n) is 3.59. The minimum Gasteiger partial charge on any atom is -0.326 e. The van der Waals surface area contributed by atoms with Gasteiger partial charge in [0.25, 0.3) is 5.69 Å². The summed E-state index contributed by atoms with van der Waals surface area (Å²) in [6, 6.07) is 5.15. The van der Waals surface area contributed by atoms with Crippen LogP contribution in [0.2, 0.25) is 0 Å². The van der Waals surface area contributed by atoms with Crippen molar-refractivity contribution in [3.63, 3.8) is 0 Å². The molecule has 0 atom stereocenters. The molecule has 0 aliphatic rings. The summed E-state index contributed by atoms with van der Waals surface area (Å²) < 4.78 is 0. The Labute approximate surface area is 70.2 Å². The van der Waals surface area contributed by atoms with E-state index in [4.69, 9.17) is 5.73 Å². The van der Waals surface area contributed by atoms with Gasteiger partial charge in [0.2, 0.25) is 0 Å². The molecule has 12 heavy (non-hydrogen) atoms. The van der Waals surface area contributed by atoms with Crippen molar-refractivity contribution in [3.8, 4) is 0 Å². The fourth-order valence-electron chi connectivity index (χ4n) is 1.15. The number of nitro benzene ring substituents is 1. The van der Waals surface area contributed by atoms with Crippen molar-refractivity contribution in [1.82, 2.24) is 0 Å². The molecule has 0 aliphatic carbocycles. The third-order valence-corrected chi connectivity index (χ3v) is 1.72. The Bertz CT molecular complexity index is 310. The Hall–Kier alpha value is -1.42. The van der Waals surface area contributed by atoms with Gasteiger partial charge in [-0.05, 0) is 6.92 Å². The summed E-state index contributed by atoms with van der Waals surface area (Å²) >= 11 is 0. The highest BCUT2D eigenvalue weighted by atomic mass is 16.6. The van der Waals surface area contributed by atoms with Gasteiger partial charge in [0.05, 0.1) is 4.92 Å². The fraction of sp³-hybridized carbons (Fsp3) is 0.250. The minimum atomic E-state index is -0.391. The lowest BCUT2D eigenvalue weighted by molar-refractivity contribution is -0.386. The smallest absolute Gasteiger partial charge is 0.276 e. The van der Waals surface area contributed by atoms with E-state index in [0.29, 0.717) is 11.1 Å². The second kappa shape index (κ2) is 3.32. The van der Waals surface area contributed by atoms with Gasteiger partial charge in [0.1, 0.15) is 0 Å². The van der Waals surface area contributed by atoms with Gasteiger partial charge in [0.15, 0.2) is 0 Å². The normalized spacial score (nSPS) is 9.83. The number of aryl methyl sites for hydroxylation is 1. The van der Waals surface area contributed by atoms with E-state index >= 15 is 0 Å². The van der Waals surface area contributed by atoms with Gasteiger partial charge in [-0.25, -0.2) is 0 Å². The first-order valence-corrected chi connectivity index (χ1v) is 3.59. The van der Waals surface area contributed by atoms with Crippen molar-refractivity contribution in [2.75, 3.05) is 0 Å². The van der Waals surface area contributed by atoms with Crippen LogP contribution in [0.1, 0.15) is 11.1 Å². The van der Waals surface area contributed by atoms with Gasteiger partial charge < -0.3 is 5.73 Å². The van der Waals surface area contributed by atoms with Crippen LogP contribution in [0.3, 0.4) is 0 Å². The molecule has 0 radical (unpaired) electrons. The molecule has 0 amide bonds. The molecule has 1 rings (SSSR count). The molecule has 4 heteroatoms. The molecule has 0 heterocycles. The van der Waals surface area contributed by atoms with Gasteiger partial charge in [-0.1, -0.05) is 18.2 Å². The molecular formula is C8H10N2O2. The summed E-state index contributed by atoms with van der Waals surface area (Å²) in [4.78, 5) is 10.2. The lowest BCUT2D eigenvalue weighted by Gasteiger charge is -2.01. The molecule has 0 aromatic heterocycles. The van der Waals surface area contributed by atoms with Crippen LogP contribution in [0, 0.1) is 17.0 Å². The third kappa shape index (κ3) is 1.43. The number of nitro groups is 1. The maximum atomic E-state index is 10.6. The number of benzene rings is 1. The van der Waals surface area contributed by atoms with Crippen LogP contribution in [0.15, 0.2) is 18.2 Å². The van der Waals surface area contributed by atoms with Crippen LogP contribution in [0.4, 0.5) is 5.69 Å². The molecule has 0 saturated carbocycles. The fourth-order valence-corrected chi connectivity index (χ4v) is 1.15. The Morgan fingerprint density at radius 2 is 2.25 bits per heavy atom. The molecule has 0 aliphatic heterocycles. The van der Waals surface area contributed by atoms with E-state index in [1.807, 2.05) is 0 Å². The van der Waals surface area contributed by atoms with Gasteiger partial charge in [-0.3, -0.25) is 10.1 Å². The van der Waals surface area contributed by atoms with Crippen LogP contribution < -0.4 is 5.73 Å². The zero-order valence-corrected chi connectivity index (χ0v) is 6.78.